The van der Waals surface area contributed by atoms with Gasteiger partial charge in [-0.05, 0) is 49.1 Å². The second kappa shape index (κ2) is 12.4. The topological polar surface area (TPSA) is 86.8 Å². The standard InChI is InChI=1S/C36H46N2O7/c1-24-14-15-29-25(2)33(42-34-36(29)28(24)18-19-35(3,43-34)44-45-36)41-31(40)17-16-30(39)37-20-22-38(23-21-37)32(26-10-6-4-7-11-26)27-12-8-5-9-13-27/h4-13,24-25,28-29,32-34H,14-23H2,1-3H3/t24-,25-,28?,29-,33?,34-,35+,36-/m1/s1. The highest BCUT2D eigenvalue weighted by Gasteiger charge is 2.69. The molecule has 242 valence electrons. The number of ether oxygens (including phenoxy) is 3. The molecule has 1 saturated carbocycles. The van der Waals surface area contributed by atoms with Gasteiger partial charge in [0.1, 0.15) is 0 Å². The second-order valence-electron chi connectivity index (χ2n) is 13.9. The fraction of sp³-hybridized carbons (Fsp3) is 0.611. The Morgan fingerprint density at radius 1 is 0.867 bits per heavy atom. The minimum atomic E-state index is -0.884. The molecule has 9 nitrogen and oxygen atoms in total. The minimum absolute atomic E-state index is 0.0145. The van der Waals surface area contributed by atoms with Crippen molar-refractivity contribution >= 4 is 11.9 Å². The molecule has 0 N–H and O–H groups in total. The Kier molecular flexibility index (Phi) is 8.50. The Bertz CT molecular complexity index is 1310. The van der Waals surface area contributed by atoms with E-state index in [-0.39, 0.29) is 42.5 Å². The highest BCUT2D eigenvalue weighted by atomic mass is 17.3. The first-order valence-electron chi connectivity index (χ1n) is 16.8. The van der Waals surface area contributed by atoms with E-state index in [4.69, 9.17) is 24.0 Å². The van der Waals surface area contributed by atoms with E-state index in [9.17, 15) is 9.59 Å². The number of piperazine rings is 1. The van der Waals surface area contributed by atoms with Crippen LogP contribution in [-0.2, 0) is 33.6 Å². The molecule has 0 radical (unpaired) electrons. The molecule has 6 fully saturated rings. The van der Waals surface area contributed by atoms with E-state index in [2.05, 4.69) is 67.3 Å². The number of carbonyl (C=O) groups excluding carboxylic acids is 2. The van der Waals surface area contributed by atoms with Gasteiger partial charge in [-0.1, -0.05) is 74.5 Å². The predicted octanol–water partition coefficient (Wildman–Crippen LogP) is 5.45. The quantitative estimate of drug-likeness (QED) is 0.299. The Morgan fingerprint density at radius 3 is 2.20 bits per heavy atom. The molecular formula is C36H46N2O7. The van der Waals surface area contributed by atoms with Gasteiger partial charge in [-0.25, -0.2) is 9.78 Å². The lowest BCUT2D eigenvalue weighted by Crippen LogP contribution is -2.70. The molecule has 45 heavy (non-hydrogen) atoms. The first kappa shape index (κ1) is 30.8. The van der Waals surface area contributed by atoms with Gasteiger partial charge in [-0.15, -0.1) is 0 Å². The maximum absolute atomic E-state index is 13.2. The van der Waals surface area contributed by atoms with Gasteiger partial charge in [-0.3, -0.25) is 14.5 Å². The monoisotopic (exact) mass is 618 g/mol. The summed E-state index contributed by atoms with van der Waals surface area (Å²) in [6.07, 6.45) is 2.38. The molecule has 1 aliphatic carbocycles. The number of hydrogen-bond acceptors (Lipinski definition) is 8. The van der Waals surface area contributed by atoms with E-state index >= 15 is 0 Å². The van der Waals surface area contributed by atoms with Gasteiger partial charge in [-0.2, -0.15) is 0 Å². The smallest absolute Gasteiger partial charge is 0.308 e. The van der Waals surface area contributed by atoms with E-state index in [1.54, 1.807) is 0 Å². The van der Waals surface area contributed by atoms with Gasteiger partial charge in [0.2, 0.25) is 18.0 Å². The number of rotatable bonds is 7. The maximum Gasteiger partial charge on any atom is 0.308 e. The van der Waals surface area contributed by atoms with Crippen LogP contribution in [0.3, 0.4) is 0 Å². The molecule has 2 aromatic rings. The average molecular weight is 619 g/mol. The zero-order valence-electron chi connectivity index (χ0n) is 26.6. The fourth-order valence-corrected chi connectivity index (χ4v) is 8.68. The van der Waals surface area contributed by atoms with Crippen LogP contribution in [0.1, 0.15) is 76.5 Å². The number of carbonyl (C=O) groups is 2. The van der Waals surface area contributed by atoms with Crippen LogP contribution in [-0.4, -0.2) is 71.8 Å². The SMILES string of the molecule is C[C@@H]1CC[C@@H]2[C@@H](C)C(OC(=O)CCC(=O)N3CCN(C(c4ccccc4)c4ccccc4)CC3)O[C@@H]3O[C@]4(C)CCC1[C@]32OO4. The van der Waals surface area contributed by atoms with Gasteiger partial charge >= 0.3 is 5.97 Å². The highest BCUT2D eigenvalue weighted by Crippen LogP contribution is 2.60. The summed E-state index contributed by atoms with van der Waals surface area (Å²) in [6, 6.07) is 21.2. The fourth-order valence-electron chi connectivity index (χ4n) is 8.68. The normalized spacial score (nSPS) is 36.3. The first-order valence-corrected chi connectivity index (χ1v) is 16.8. The van der Waals surface area contributed by atoms with Gasteiger partial charge in [0.15, 0.2) is 11.9 Å². The number of benzene rings is 2. The zero-order chi connectivity index (χ0) is 31.2. The van der Waals surface area contributed by atoms with Crippen LogP contribution >= 0.6 is 0 Å². The molecule has 8 atom stereocenters. The Labute approximate surface area is 266 Å². The van der Waals surface area contributed by atoms with Gasteiger partial charge in [0.05, 0.1) is 12.5 Å². The van der Waals surface area contributed by atoms with E-state index in [1.165, 1.54) is 11.1 Å². The lowest BCUT2D eigenvalue weighted by Gasteiger charge is -2.59. The molecule has 6 aliphatic rings. The van der Waals surface area contributed by atoms with Crippen molar-refractivity contribution < 1.29 is 33.6 Å². The number of amides is 1. The minimum Gasteiger partial charge on any atom is -0.435 e. The van der Waals surface area contributed by atoms with Crippen molar-refractivity contribution in [3.05, 3.63) is 71.8 Å². The van der Waals surface area contributed by atoms with Crippen LogP contribution in [0.4, 0.5) is 0 Å². The summed E-state index contributed by atoms with van der Waals surface area (Å²) in [6.45, 7) is 8.97. The summed E-state index contributed by atoms with van der Waals surface area (Å²) in [5.74, 6) is -0.643. The zero-order valence-corrected chi connectivity index (χ0v) is 26.6. The maximum atomic E-state index is 13.2. The first-order chi connectivity index (χ1) is 21.8. The number of fused-ring (bicyclic) bond motifs is 2. The van der Waals surface area contributed by atoms with Crippen LogP contribution in [0.25, 0.3) is 0 Å². The largest absolute Gasteiger partial charge is 0.435 e. The third-order valence-electron chi connectivity index (χ3n) is 11.2. The van der Waals surface area contributed by atoms with Crippen molar-refractivity contribution in [3.63, 3.8) is 0 Å². The van der Waals surface area contributed by atoms with E-state index < -0.39 is 29.9 Å². The van der Waals surface area contributed by atoms with Crippen LogP contribution in [0.15, 0.2) is 60.7 Å². The molecule has 5 aliphatic heterocycles. The average Bonchev–Trinajstić information content (AvgIpc) is 3.29. The number of nitrogens with zero attached hydrogens (tertiary/aromatic N) is 2. The third-order valence-corrected chi connectivity index (χ3v) is 11.2. The van der Waals surface area contributed by atoms with Crippen LogP contribution in [0.5, 0.6) is 0 Å². The summed E-state index contributed by atoms with van der Waals surface area (Å²) in [7, 11) is 0. The number of esters is 1. The highest BCUT2D eigenvalue weighted by molar-refractivity contribution is 5.81. The molecule has 8 rings (SSSR count). The van der Waals surface area contributed by atoms with Crippen LogP contribution < -0.4 is 0 Å². The predicted molar refractivity (Wildman–Crippen MR) is 165 cm³/mol. The van der Waals surface area contributed by atoms with E-state index in [0.717, 1.165) is 38.8 Å². The van der Waals surface area contributed by atoms with E-state index in [1.807, 2.05) is 24.0 Å². The Morgan fingerprint density at radius 2 is 1.53 bits per heavy atom. The van der Waals surface area contributed by atoms with E-state index in [0.29, 0.717) is 19.0 Å². The van der Waals surface area contributed by atoms with Crippen molar-refractivity contribution in [1.82, 2.24) is 9.80 Å². The molecule has 0 aromatic heterocycles. The molecule has 2 unspecified atom stereocenters. The molecule has 5 heterocycles. The molecule has 2 bridgehead atoms. The summed E-state index contributed by atoms with van der Waals surface area (Å²) in [5.41, 5.74) is 1.78. The third kappa shape index (κ3) is 5.71. The molecule has 1 amide bonds. The lowest BCUT2D eigenvalue weighted by atomic mass is 9.58. The van der Waals surface area contributed by atoms with Gasteiger partial charge < -0.3 is 19.1 Å². The molecule has 9 heteroatoms. The van der Waals surface area contributed by atoms with Crippen molar-refractivity contribution in [2.24, 2.45) is 23.7 Å². The van der Waals surface area contributed by atoms with Crippen LogP contribution in [0.2, 0.25) is 0 Å². The van der Waals surface area contributed by atoms with Crippen molar-refractivity contribution in [2.75, 3.05) is 26.2 Å². The van der Waals surface area contributed by atoms with Crippen LogP contribution in [0, 0.1) is 23.7 Å². The Hall–Kier alpha value is -2.82. The summed E-state index contributed by atoms with van der Waals surface area (Å²) >= 11 is 0. The molecule has 2 aromatic carbocycles. The number of hydrogen-bond donors (Lipinski definition) is 0. The summed E-state index contributed by atoms with van der Waals surface area (Å²) in [5, 5.41) is 0. The second-order valence-corrected chi connectivity index (χ2v) is 13.9. The van der Waals surface area contributed by atoms with Gasteiger partial charge in [0, 0.05) is 50.9 Å². The Balaban J connectivity index is 0.942. The molecule has 5 saturated heterocycles. The van der Waals surface area contributed by atoms with Gasteiger partial charge in [0.25, 0.3) is 0 Å². The summed E-state index contributed by atoms with van der Waals surface area (Å²) in [4.78, 5) is 42.7. The van der Waals surface area contributed by atoms with Crippen molar-refractivity contribution in [3.8, 4) is 0 Å². The molecular weight excluding hydrogens is 572 g/mol. The lowest BCUT2D eigenvalue weighted by molar-refractivity contribution is -0.576. The van der Waals surface area contributed by atoms with Crippen molar-refractivity contribution in [2.45, 2.75) is 89.3 Å². The van der Waals surface area contributed by atoms with Crippen molar-refractivity contribution in [1.29, 1.82) is 0 Å². The summed E-state index contributed by atoms with van der Waals surface area (Å²) < 4.78 is 18.7. The molecule has 1 spiro atoms.